The minimum absolute atomic E-state index is 0.0647. The quantitative estimate of drug-likeness (QED) is 0.0356. The van der Waals surface area contributed by atoms with E-state index in [9.17, 15) is 14.4 Å². The van der Waals surface area contributed by atoms with Crippen molar-refractivity contribution in [3.8, 4) is 0 Å². The molecule has 0 bridgehead atoms. The van der Waals surface area contributed by atoms with Gasteiger partial charge in [0.25, 0.3) is 0 Å². The van der Waals surface area contributed by atoms with Gasteiger partial charge in [0.15, 0.2) is 6.10 Å². The molecule has 0 heterocycles. The van der Waals surface area contributed by atoms with Crippen LogP contribution in [0.3, 0.4) is 0 Å². The molecule has 302 valence electrons. The molecular weight excluding hydrogens is 636 g/mol. The van der Waals surface area contributed by atoms with Crippen molar-refractivity contribution < 1.29 is 28.6 Å². The molecule has 0 rings (SSSR count). The first-order chi connectivity index (χ1) is 24.9. The van der Waals surface area contributed by atoms with Gasteiger partial charge in [-0.25, -0.2) is 0 Å². The monoisotopic (exact) mass is 723 g/mol. The van der Waals surface area contributed by atoms with Crippen molar-refractivity contribution in [1.82, 2.24) is 0 Å². The average molecular weight is 723 g/mol. The molecule has 0 unspecified atom stereocenters. The summed E-state index contributed by atoms with van der Waals surface area (Å²) in [6.45, 7) is 8.92. The van der Waals surface area contributed by atoms with Gasteiger partial charge in [0.05, 0.1) is 0 Å². The summed E-state index contributed by atoms with van der Waals surface area (Å²) in [6, 6.07) is 0. The van der Waals surface area contributed by atoms with Gasteiger partial charge in [-0.1, -0.05) is 207 Å². The summed E-state index contributed by atoms with van der Waals surface area (Å²) in [5.74, 6) is -0.0247. The SMILES string of the molecule is CCCCCCCCCCCCCC(=O)O[C@H](COC(=O)CCCCCCC)COC(=O)CCCCCCCCCCCCCCCCC(C)C. The molecule has 51 heavy (non-hydrogen) atoms. The van der Waals surface area contributed by atoms with Crippen LogP contribution >= 0.6 is 0 Å². The third-order valence-corrected chi connectivity index (χ3v) is 10.0. The highest BCUT2D eigenvalue weighted by molar-refractivity contribution is 5.71. The summed E-state index contributed by atoms with van der Waals surface area (Å²) in [4.78, 5) is 37.4. The fourth-order valence-electron chi connectivity index (χ4n) is 6.63. The molecule has 0 aliphatic rings. The molecule has 0 radical (unpaired) electrons. The number of unbranched alkanes of at least 4 members (excludes halogenated alkanes) is 27. The maximum atomic E-state index is 12.6. The Labute approximate surface area is 317 Å². The van der Waals surface area contributed by atoms with E-state index in [1.807, 2.05) is 0 Å². The Morgan fingerprint density at radius 2 is 0.647 bits per heavy atom. The second kappa shape index (κ2) is 39.6. The maximum absolute atomic E-state index is 12.6. The number of hydrogen-bond acceptors (Lipinski definition) is 6. The molecule has 0 N–H and O–H groups in total. The van der Waals surface area contributed by atoms with E-state index in [0.29, 0.717) is 19.3 Å². The molecule has 0 fully saturated rings. The highest BCUT2D eigenvalue weighted by atomic mass is 16.6. The molecule has 0 spiro atoms. The topological polar surface area (TPSA) is 78.9 Å². The minimum Gasteiger partial charge on any atom is -0.462 e. The fraction of sp³-hybridized carbons (Fsp3) is 0.933. The summed E-state index contributed by atoms with van der Waals surface area (Å²) in [5, 5.41) is 0. The van der Waals surface area contributed by atoms with Crippen LogP contribution in [0, 0.1) is 5.92 Å². The molecule has 0 saturated carbocycles. The van der Waals surface area contributed by atoms with Crippen LogP contribution in [0.5, 0.6) is 0 Å². The third-order valence-electron chi connectivity index (χ3n) is 10.0. The zero-order chi connectivity index (χ0) is 37.5. The second-order valence-corrected chi connectivity index (χ2v) is 15.8. The van der Waals surface area contributed by atoms with E-state index in [2.05, 4.69) is 27.7 Å². The van der Waals surface area contributed by atoms with Gasteiger partial charge in [-0.15, -0.1) is 0 Å². The summed E-state index contributed by atoms with van der Waals surface area (Å²) in [6.07, 6.45) is 38.3. The molecule has 0 aliphatic carbocycles. The van der Waals surface area contributed by atoms with Crippen LogP contribution in [0.4, 0.5) is 0 Å². The summed E-state index contributed by atoms with van der Waals surface area (Å²) in [7, 11) is 0. The minimum atomic E-state index is -0.757. The van der Waals surface area contributed by atoms with Crippen LogP contribution in [0.15, 0.2) is 0 Å². The first-order valence-electron chi connectivity index (χ1n) is 22.4. The highest BCUT2D eigenvalue weighted by Gasteiger charge is 2.19. The molecule has 0 amide bonds. The van der Waals surface area contributed by atoms with E-state index < -0.39 is 6.10 Å². The Morgan fingerprint density at radius 3 is 0.961 bits per heavy atom. The van der Waals surface area contributed by atoms with Crippen LogP contribution in [0.1, 0.15) is 246 Å². The molecule has 1 atom stereocenters. The summed E-state index contributed by atoms with van der Waals surface area (Å²) >= 11 is 0. The van der Waals surface area contributed by atoms with Crippen LogP contribution in [0.2, 0.25) is 0 Å². The number of ether oxygens (including phenoxy) is 3. The van der Waals surface area contributed by atoms with E-state index in [4.69, 9.17) is 14.2 Å². The van der Waals surface area contributed by atoms with E-state index in [1.54, 1.807) is 0 Å². The highest BCUT2D eigenvalue weighted by Crippen LogP contribution is 2.16. The van der Waals surface area contributed by atoms with Crippen molar-refractivity contribution in [2.75, 3.05) is 13.2 Å². The zero-order valence-corrected chi connectivity index (χ0v) is 34.6. The Balaban J connectivity index is 4.14. The number of esters is 3. The van der Waals surface area contributed by atoms with E-state index in [-0.39, 0.29) is 31.1 Å². The Morgan fingerprint density at radius 1 is 0.373 bits per heavy atom. The Bertz CT molecular complexity index is 766. The molecule has 6 heteroatoms. The maximum Gasteiger partial charge on any atom is 0.306 e. The van der Waals surface area contributed by atoms with Crippen molar-refractivity contribution in [3.63, 3.8) is 0 Å². The summed E-state index contributed by atoms with van der Waals surface area (Å²) < 4.78 is 16.6. The number of rotatable bonds is 40. The van der Waals surface area contributed by atoms with Gasteiger partial charge in [-0.3, -0.25) is 14.4 Å². The van der Waals surface area contributed by atoms with Gasteiger partial charge < -0.3 is 14.2 Å². The van der Waals surface area contributed by atoms with Crippen LogP contribution in [-0.2, 0) is 28.6 Å². The number of carbonyl (C=O) groups is 3. The van der Waals surface area contributed by atoms with Crippen molar-refractivity contribution in [2.45, 2.75) is 252 Å². The van der Waals surface area contributed by atoms with Gasteiger partial charge in [-0.2, -0.15) is 0 Å². The number of hydrogen-bond donors (Lipinski definition) is 0. The van der Waals surface area contributed by atoms with Gasteiger partial charge in [0.1, 0.15) is 13.2 Å². The molecule has 0 saturated heterocycles. The van der Waals surface area contributed by atoms with Gasteiger partial charge in [-0.05, 0) is 25.2 Å². The summed E-state index contributed by atoms with van der Waals surface area (Å²) in [5.41, 5.74) is 0. The van der Waals surface area contributed by atoms with Gasteiger partial charge in [0, 0.05) is 19.3 Å². The lowest BCUT2D eigenvalue weighted by Crippen LogP contribution is -2.30. The first kappa shape index (κ1) is 49.4. The van der Waals surface area contributed by atoms with Crippen LogP contribution in [0.25, 0.3) is 0 Å². The zero-order valence-electron chi connectivity index (χ0n) is 34.6. The lowest BCUT2D eigenvalue weighted by Gasteiger charge is -2.18. The Kier molecular flexibility index (Phi) is 38.4. The second-order valence-electron chi connectivity index (χ2n) is 15.8. The van der Waals surface area contributed by atoms with Crippen molar-refractivity contribution >= 4 is 17.9 Å². The van der Waals surface area contributed by atoms with E-state index in [0.717, 1.165) is 70.1 Å². The molecule has 0 aliphatic heterocycles. The fourth-order valence-corrected chi connectivity index (χ4v) is 6.63. The smallest absolute Gasteiger partial charge is 0.306 e. The predicted octanol–water partition coefficient (Wildman–Crippen LogP) is 13.9. The van der Waals surface area contributed by atoms with E-state index in [1.165, 1.54) is 135 Å². The molecule has 0 aromatic rings. The number of carbonyl (C=O) groups excluding carboxylic acids is 3. The van der Waals surface area contributed by atoms with Crippen molar-refractivity contribution in [2.24, 2.45) is 5.92 Å². The predicted molar refractivity (Wildman–Crippen MR) is 215 cm³/mol. The van der Waals surface area contributed by atoms with E-state index >= 15 is 0 Å². The molecule has 0 aromatic heterocycles. The molecule has 6 nitrogen and oxygen atoms in total. The standard InChI is InChI=1S/C45H86O6/c1-5-7-9-11-12-13-18-23-26-30-34-38-45(48)51-42(39-49-43(46)36-32-27-10-8-6-2)40-50-44(47)37-33-29-25-22-20-17-15-14-16-19-21-24-28-31-35-41(3)4/h41-42H,5-40H2,1-4H3/t42-/m1/s1. The largest absolute Gasteiger partial charge is 0.462 e. The van der Waals surface area contributed by atoms with Crippen LogP contribution < -0.4 is 0 Å². The van der Waals surface area contributed by atoms with Crippen LogP contribution in [-0.4, -0.2) is 37.2 Å². The lowest BCUT2D eigenvalue weighted by molar-refractivity contribution is -0.167. The van der Waals surface area contributed by atoms with Gasteiger partial charge in [0.2, 0.25) is 0 Å². The third kappa shape index (κ3) is 39.5. The molecule has 0 aromatic carbocycles. The molecular formula is C45H86O6. The average Bonchev–Trinajstić information content (AvgIpc) is 3.11. The normalized spacial score (nSPS) is 11.9. The van der Waals surface area contributed by atoms with Crippen molar-refractivity contribution in [1.29, 1.82) is 0 Å². The lowest BCUT2D eigenvalue weighted by atomic mass is 10.0. The van der Waals surface area contributed by atoms with Gasteiger partial charge >= 0.3 is 17.9 Å². The Hall–Kier alpha value is -1.59. The first-order valence-corrected chi connectivity index (χ1v) is 22.4. The van der Waals surface area contributed by atoms with Crippen molar-refractivity contribution in [3.05, 3.63) is 0 Å².